The van der Waals surface area contributed by atoms with Crippen LogP contribution >= 0.6 is 23.2 Å². The summed E-state index contributed by atoms with van der Waals surface area (Å²) in [6.07, 6.45) is 3.95. The molecule has 2 aromatic rings. The maximum absolute atomic E-state index is 12.4. The second-order valence-corrected chi connectivity index (χ2v) is 6.83. The van der Waals surface area contributed by atoms with Gasteiger partial charge < -0.3 is 10.2 Å². The van der Waals surface area contributed by atoms with Crippen LogP contribution in [0.4, 0.5) is 11.6 Å². The van der Waals surface area contributed by atoms with Crippen molar-refractivity contribution in [2.45, 2.75) is 19.8 Å². The van der Waals surface area contributed by atoms with E-state index in [2.05, 4.69) is 27.1 Å². The van der Waals surface area contributed by atoms with E-state index in [9.17, 15) is 4.79 Å². The topological polar surface area (TPSA) is 58.1 Å². The number of benzene rings is 1. The third-order valence-electron chi connectivity index (χ3n) is 3.99. The normalized spacial score (nSPS) is 17.6. The van der Waals surface area contributed by atoms with Gasteiger partial charge in [0, 0.05) is 25.0 Å². The Morgan fingerprint density at radius 2 is 2.12 bits per heavy atom. The molecule has 0 saturated carbocycles. The van der Waals surface area contributed by atoms with Gasteiger partial charge in [-0.05, 0) is 43.0 Å². The minimum atomic E-state index is -0.304. The van der Waals surface area contributed by atoms with Gasteiger partial charge in [0.05, 0.1) is 10.0 Å². The van der Waals surface area contributed by atoms with Crippen molar-refractivity contribution in [2.75, 3.05) is 23.3 Å². The van der Waals surface area contributed by atoms with E-state index in [-0.39, 0.29) is 5.91 Å². The number of carbonyl (C=O) groups is 1. The van der Waals surface area contributed by atoms with Crippen LogP contribution in [0.15, 0.2) is 30.5 Å². The Balaban J connectivity index is 1.75. The molecule has 1 aliphatic rings. The first-order valence-electron chi connectivity index (χ1n) is 7.87. The summed E-state index contributed by atoms with van der Waals surface area (Å²) >= 11 is 11.9. The minimum Gasteiger partial charge on any atom is -0.341 e. The minimum absolute atomic E-state index is 0.304. The molecule has 1 atom stereocenters. The Morgan fingerprint density at radius 3 is 2.88 bits per heavy atom. The first-order valence-corrected chi connectivity index (χ1v) is 8.63. The van der Waals surface area contributed by atoms with Gasteiger partial charge in [-0.15, -0.1) is 0 Å². The lowest BCUT2D eigenvalue weighted by molar-refractivity contribution is 0.102. The zero-order valence-electron chi connectivity index (χ0n) is 13.3. The molecule has 7 heteroatoms. The third kappa shape index (κ3) is 3.97. The quantitative estimate of drug-likeness (QED) is 0.883. The summed E-state index contributed by atoms with van der Waals surface area (Å²) in [4.78, 5) is 23.3. The van der Waals surface area contributed by atoms with E-state index in [1.807, 2.05) is 0 Å². The Labute approximate surface area is 151 Å². The number of hydrogen-bond acceptors (Lipinski definition) is 4. The monoisotopic (exact) mass is 364 g/mol. The van der Waals surface area contributed by atoms with Crippen molar-refractivity contribution in [1.29, 1.82) is 0 Å². The SMILES string of the molecule is CC1CCCN(c2nccc(C(=O)Nc3ccc(Cl)c(Cl)c3)n2)C1. The second-order valence-electron chi connectivity index (χ2n) is 6.02. The fraction of sp³-hybridized carbons (Fsp3) is 0.353. The molecule has 1 aliphatic heterocycles. The molecule has 3 rings (SSSR count). The van der Waals surface area contributed by atoms with E-state index < -0.39 is 0 Å². The van der Waals surface area contributed by atoms with Gasteiger partial charge in [-0.25, -0.2) is 9.97 Å². The highest BCUT2D eigenvalue weighted by atomic mass is 35.5. The molecule has 0 bridgehead atoms. The standard InChI is InChI=1S/C17H18Cl2N4O/c1-11-3-2-8-23(10-11)17-20-7-6-15(22-17)16(24)21-12-4-5-13(18)14(19)9-12/h4-7,9,11H,2-3,8,10H2,1H3,(H,21,24). The average molecular weight is 365 g/mol. The maximum atomic E-state index is 12.4. The molecule has 2 heterocycles. The van der Waals surface area contributed by atoms with Crippen LogP contribution in [0.2, 0.25) is 10.0 Å². The zero-order valence-corrected chi connectivity index (χ0v) is 14.8. The lowest BCUT2D eigenvalue weighted by atomic mass is 10.0. The Hall–Kier alpha value is -1.85. The molecular weight excluding hydrogens is 347 g/mol. The summed E-state index contributed by atoms with van der Waals surface area (Å²) in [6, 6.07) is 6.54. The van der Waals surface area contributed by atoms with Crippen LogP contribution in [0.5, 0.6) is 0 Å². The molecule has 1 aromatic heterocycles. The van der Waals surface area contributed by atoms with Crippen LogP contribution in [0.3, 0.4) is 0 Å². The highest BCUT2D eigenvalue weighted by molar-refractivity contribution is 6.42. The van der Waals surface area contributed by atoms with E-state index >= 15 is 0 Å². The van der Waals surface area contributed by atoms with Gasteiger partial charge in [0.15, 0.2) is 0 Å². The van der Waals surface area contributed by atoms with Gasteiger partial charge in [-0.1, -0.05) is 30.1 Å². The molecule has 1 amide bonds. The fourth-order valence-electron chi connectivity index (χ4n) is 2.77. The van der Waals surface area contributed by atoms with Gasteiger partial charge in [0.2, 0.25) is 5.95 Å². The van der Waals surface area contributed by atoms with E-state index in [1.165, 1.54) is 6.42 Å². The van der Waals surface area contributed by atoms with Crippen LogP contribution in [-0.2, 0) is 0 Å². The number of nitrogens with zero attached hydrogens (tertiary/aromatic N) is 3. The Kier molecular flexibility index (Phi) is 5.21. The fourth-order valence-corrected chi connectivity index (χ4v) is 3.07. The first kappa shape index (κ1) is 17.0. The molecule has 5 nitrogen and oxygen atoms in total. The molecule has 0 aliphatic carbocycles. The molecule has 0 radical (unpaired) electrons. The maximum Gasteiger partial charge on any atom is 0.274 e. The molecule has 1 fully saturated rings. The van der Waals surface area contributed by atoms with Gasteiger partial charge in [0.25, 0.3) is 5.91 Å². The van der Waals surface area contributed by atoms with Crippen molar-refractivity contribution in [1.82, 2.24) is 9.97 Å². The molecular formula is C17H18Cl2N4O. The van der Waals surface area contributed by atoms with Gasteiger partial charge in [-0.3, -0.25) is 4.79 Å². The molecule has 0 spiro atoms. The van der Waals surface area contributed by atoms with E-state index in [4.69, 9.17) is 23.2 Å². The highest BCUT2D eigenvalue weighted by Crippen LogP contribution is 2.25. The van der Waals surface area contributed by atoms with E-state index in [1.54, 1.807) is 30.5 Å². The molecule has 1 aromatic carbocycles. The first-order chi connectivity index (χ1) is 11.5. The number of carbonyl (C=O) groups excluding carboxylic acids is 1. The van der Waals surface area contributed by atoms with Crippen molar-refractivity contribution in [2.24, 2.45) is 5.92 Å². The van der Waals surface area contributed by atoms with Gasteiger partial charge >= 0.3 is 0 Å². The average Bonchev–Trinajstić information content (AvgIpc) is 2.58. The largest absolute Gasteiger partial charge is 0.341 e. The molecule has 1 N–H and O–H groups in total. The summed E-state index contributed by atoms with van der Waals surface area (Å²) < 4.78 is 0. The number of amides is 1. The Bertz CT molecular complexity index is 753. The van der Waals surface area contributed by atoms with E-state index in [0.29, 0.717) is 33.3 Å². The highest BCUT2D eigenvalue weighted by Gasteiger charge is 2.19. The number of halogens is 2. The number of anilines is 2. The molecule has 24 heavy (non-hydrogen) atoms. The van der Waals surface area contributed by atoms with Crippen molar-refractivity contribution < 1.29 is 4.79 Å². The molecule has 1 saturated heterocycles. The summed E-state index contributed by atoms with van der Waals surface area (Å²) in [7, 11) is 0. The Morgan fingerprint density at radius 1 is 1.29 bits per heavy atom. The summed E-state index contributed by atoms with van der Waals surface area (Å²) in [5.41, 5.74) is 0.894. The lowest BCUT2D eigenvalue weighted by Gasteiger charge is -2.30. The van der Waals surface area contributed by atoms with Gasteiger partial charge in [-0.2, -0.15) is 0 Å². The number of aromatic nitrogens is 2. The summed E-state index contributed by atoms with van der Waals surface area (Å²) in [5, 5.41) is 3.61. The van der Waals surface area contributed by atoms with Crippen LogP contribution < -0.4 is 10.2 Å². The number of nitrogens with one attached hydrogen (secondary N) is 1. The predicted octanol–water partition coefficient (Wildman–Crippen LogP) is 4.27. The lowest BCUT2D eigenvalue weighted by Crippen LogP contribution is -2.35. The van der Waals surface area contributed by atoms with Crippen molar-refractivity contribution in [3.8, 4) is 0 Å². The number of rotatable bonds is 3. The van der Waals surface area contributed by atoms with Crippen molar-refractivity contribution >= 4 is 40.7 Å². The van der Waals surface area contributed by atoms with Crippen LogP contribution in [0, 0.1) is 5.92 Å². The summed E-state index contributed by atoms with van der Waals surface area (Å²) in [5.74, 6) is 0.904. The second kappa shape index (κ2) is 7.36. The van der Waals surface area contributed by atoms with E-state index in [0.717, 1.165) is 19.5 Å². The summed E-state index contributed by atoms with van der Waals surface area (Å²) in [6.45, 7) is 4.05. The molecule has 126 valence electrons. The van der Waals surface area contributed by atoms with Gasteiger partial charge in [0.1, 0.15) is 5.69 Å². The predicted molar refractivity (Wildman–Crippen MR) is 97.1 cm³/mol. The third-order valence-corrected chi connectivity index (χ3v) is 4.73. The van der Waals surface area contributed by atoms with Crippen molar-refractivity contribution in [3.63, 3.8) is 0 Å². The van der Waals surface area contributed by atoms with Crippen LogP contribution in [-0.4, -0.2) is 29.0 Å². The number of piperidine rings is 1. The zero-order chi connectivity index (χ0) is 17.1. The van der Waals surface area contributed by atoms with Crippen LogP contribution in [0.25, 0.3) is 0 Å². The molecule has 1 unspecified atom stereocenters. The smallest absolute Gasteiger partial charge is 0.274 e. The van der Waals surface area contributed by atoms with Crippen molar-refractivity contribution in [3.05, 3.63) is 46.2 Å². The van der Waals surface area contributed by atoms with Crippen LogP contribution in [0.1, 0.15) is 30.3 Å². The number of hydrogen-bond donors (Lipinski definition) is 1.